The number of benzene rings is 1. The molecule has 1 aromatic heterocycles. The maximum atomic E-state index is 13.0. The van der Waals surface area contributed by atoms with Crippen molar-refractivity contribution >= 4 is 30.6 Å². The number of rotatable bonds is 2. The van der Waals surface area contributed by atoms with Crippen molar-refractivity contribution in [1.82, 2.24) is 9.65 Å². The van der Waals surface area contributed by atoms with E-state index in [0.29, 0.717) is 16.1 Å². The first-order valence-electron chi connectivity index (χ1n) is 7.27. The number of aromatic nitrogens is 1. The van der Waals surface area contributed by atoms with Crippen LogP contribution in [0.25, 0.3) is 23.4 Å². The van der Waals surface area contributed by atoms with Crippen LogP contribution in [0, 0.1) is 6.92 Å². The number of fused-ring (bicyclic) bond motifs is 1. The molecule has 25 heavy (non-hydrogen) atoms. The second-order valence-corrected chi connectivity index (χ2v) is 5.42. The van der Waals surface area contributed by atoms with Gasteiger partial charge in [0.05, 0.1) is 22.2 Å². The summed E-state index contributed by atoms with van der Waals surface area (Å²) in [7, 11) is 0. The Kier molecular flexibility index (Phi) is 4.02. The minimum Gasteiger partial charge on any atom is -0.478 e. The number of nitrogens with zero attached hydrogens (tertiary/aromatic N) is 2. The fourth-order valence-electron chi connectivity index (χ4n) is 2.69. The van der Waals surface area contributed by atoms with Crippen LogP contribution in [-0.2, 0) is 6.18 Å². The van der Waals surface area contributed by atoms with Crippen LogP contribution in [-0.4, -0.2) is 28.5 Å². The SMILES string of the molecule is Cc1c(-c2cccc(C(F)(F)F)c2)nc2c(c1C(=O)O)=CC=[N+]=CC=2. The number of hydrogen-bond acceptors (Lipinski definition) is 2. The summed E-state index contributed by atoms with van der Waals surface area (Å²) < 4.78 is 42.8. The first-order chi connectivity index (χ1) is 11.8. The lowest BCUT2D eigenvalue weighted by Gasteiger charge is -2.12. The van der Waals surface area contributed by atoms with Crippen molar-refractivity contribution in [2.24, 2.45) is 0 Å². The van der Waals surface area contributed by atoms with E-state index in [9.17, 15) is 23.1 Å². The van der Waals surface area contributed by atoms with Crippen LogP contribution in [0.5, 0.6) is 0 Å². The predicted octanol–water partition coefficient (Wildman–Crippen LogP) is 1.56. The van der Waals surface area contributed by atoms with E-state index >= 15 is 0 Å². The maximum absolute atomic E-state index is 13.0. The third-order valence-electron chi connectivity index (χ3n) is 3.83. The molecule has 3 rings (SSSR count). The van der Waals surface area contributed by atoms with E-state index in [2.05, 4.69) is 9.65 Å². The van der Waals surface area contributed by atoms with E-state index in [-0.39, 0.29) is 16.8 Å². The highest BCUT2D eigenvalue weighted by molar-refractivity contribution is 6.02. The van der Waals surface area contributed by atoms with Gasteiger partial charge in [-0.15, -0.1) is 4.67 Å². The molecular weight excluding hydrogens is 333 g/mol. The van der Waals surface area contributed by atoms with Gasteiger partial charge in [0.1, 0.15) is 0 Å². The number of alkyl halides is 3. The van der Waals surface area contributed by atoms with E-state index in [1.807, 2.05) is 0 Å². The summed E-state index contributed by atoms with van der Waals surface area (Å²) in [6, 6.07) is 4.68. The van der Waals surface area contributed by atoms with Gasteiger partial charge in [-0.1, -0.05) is 12.1 Å². The lowest BCUT2D eigenvalue weighted by Crippen LogP contribution is -2.35. The van der Waals surface area contributed by atoms with Gasteiger partial charge in [-0.3, -0.25) is 0 Å². The van der Waals surface area contributed by atoms with Gasteiger partial charge in [0.25, 0.3) is 12.4 Å². The molecule has 0 atom stereocenters. The van der Waals surface area contributed by atoms with Crippen LogP contribution in [0.1, 0.15) is 21.5 Å². The van der Waals surface area contributed by atoms with E-state index in [1.165, 1.54) is 43.6 Å². The molecule has 4 nitrogen and oxygen atoms in total. The molecule has 2 aromatic rings. The molecule has 0 amide bonds. The second-order valence-electron chi connectivity index (χ2n) is 5.42. The predicted molar refractivity (Wildman–Crippen MR) is 88.8 cm³/mol. The molecule has 0 unspecified atom stereocenters. The Morgan fingerprint density at radius 1 is 1.20 bits per heavy atom. The molecule has 0 spiro atoms. The van der Waals surface area contributed by atoms with Crippen LogP contribution >= 0.6 is 0 Å². The zero-order valence-electron chi connectivity index (χ0n) is 13.0. The molecule has 0 saturated carbocycles. The minimum absolute atomic E-state index is 0.00425. The number of carboxylic acids is 1. The van der Waals surface area contributed by atoms with Gasteiger partial charge < -0.3 is 5.11 Å². The average molecular weight is 345 g/mol. The van der Waals surface area contributed by atoms with Crippen molar-refractivity contribution in [1.29, 1.82) is 0 Å². The van der Waals surface area contributed by atoms with Gasteiger partial charge in [-0.25, -0.2) is 9.78 Å². The third-order valence-corrected chi connectivity index (χ3v) is 3.83. The summed E-state index contributed by atoms with van der Waals surface area (Å²) in [5.41, 5.74) is -0.122. The minimum atomic E-state index is -4.49. The molecule has 7 heteroatoms. The largest absolute Gasteiger partial charge is 0.478 e. The van der Waals surface area contributed by atoms with Gasteiger partial charge in [0, 0.05) is 22.9 Å². The van der Waals surface area contributed by atoms with Crippen molar-refractivity contribution in [2.45, 2.75) is 13.1 Å². The maximum Gasteiger partial charge on any atom is 0.416 e. The van der Waals surface area contributed by atoms with E-state index in [4.69, 9.17) is 0 Å². The zero-order valence-corrected chi connectivity index (χ0v) is 13.0. The smallest absolute Gasteiger partial charge is 0.416 e. The molecule has 1 aliphatic rings. The summed E-state index contributed by atoms with van der Waals surface area (Å²) in [5, 5.41) is 10.3. The molecule has 2 heterocycles. The van der Waals surface area contributed by atoms with Crippen LogP contribution in [0.2, 0.25) is 0 Å². The highest BCUT2D eigenvalue weighted by Gasteiger charge is 2.30. The summed E-state index contributed by atoms with van der Waals surface area (Å²) in [4.78, 5) is 16.1. The molecule has 0 saturated heterocycles. The van der Waals surface area contributed by atoms with Crippen molar-refractivity contribution in [3.05, 3.63) is 51.5 Å². The average Bonchev–Trinajstić information content (AvgIpc) is 2.78. The Morgan fingerprint density at radius 3 is 2.60 bits per heavy atom. The number of carboxylic acid groups (broad SMARTS) is 1. The van der Waals surface area contributed by atoms with Crippen molar-refractivity contribution in [3.63, 3.8) is 0 Å². The van der Waals surface area contributed by atoms with Gasteiger partial charge in [0.2, 0.25) is 0 Å². The molecular formula is C18H12F3N2O2+. The standard InChI is InChI=1S/C18H11F3N2O2/c1-10-15(17(24)25)13-5-7-22-8-6-14(13)23-16(10)11-3-2-4-12(9-11)18(19,20)21/h2-9H,1H3/p+1. The van der Waals surface area contributed by atoms with Crippen molar-refractivity contribution < 1.29 is 23.1 Å². The Bertz CT molecular complexity index is 1060. The monoisotopic (exact) mass is 345 g/mol. The number of aromatic carboxylic acids is 1. The fraction of sp³-hybridized carbons (Fsp3) is 0.111. The molecule has 0 fully saturated rings. The molecule has 1 aromatic carbocycles. The Labute approximate surface area is 140 Å². The second kappa shape index (κ2) is 6.03. The van der Waals surface area contributed by atoms with Crippen molar-refractivity contribution in [2.75, 3.05) is 0 Å². The summed E-state index contributed by atoms with van der Waals surface area (Å²) in [6.07, 6.45) is 1.45. The lowest BCUT2D eigenvalue weighted by atomic mass is 9.98. The molecule has 126 valence electrons. The quantitative estimate of drug-likeness (QED) is 0.840. The van der Waals surface area contributed by atoms with Crippen LogP contribution < -0.4 is 15.2 Å². The Balaban J connectivity index is 2.35. The Hall–Kier alpha value is -3.18. The number of carbonyl (C=O) groups is 1. The van der Waals surface area contributed by atoms with E-state index in [0.717, 1.165) is 12.1 Å². The first-order valence-corrected chi connectivity index (χ1v) is 7.27. The zero-order chi connectivity index (χ0) is 18.2. The third kappa shape index (κ3) is 3.09. The molecule has 0 aliphatic carbocycles. The number of pyridine rings is 1. The van der Waals surface area contributed by atoms with Crippen LogP contribution in [0.4, 0.5) is 13.2 Å². The highest BCUT2D eigenvalue weighted by Crippen LogP contribution is 2.32. The number of hydrogen-bond donors (Lipinski definition) is 1. The Morgan fingerprint density at radius 2 is 1.92 bits per heavy atom. The summed E-state index contributed by atoms with van der Waals surface area (Å²) >= 11 is 0. The fourth-order valence-corrected chi connectivity index (χ4v) is 2.69. The van der Waals surface area contributed by atoms with Crippen molar-refractivity contribution in [3.8, 4) is 11.3 Å². The summed E-state index contributed by atoms with van der Waals surface area (Å²) in [5.74, 6) is -1.18. The summed E-state index contributed by atoms with van der Waals surface area (Å²) in [6.45, 7) is 1.53. The molecule has 0 bridgehead atoms. The normalized spacial score (nSPS) is 12.8. The van der Waals surface area contributed by atoms with Gasteiger partial charge in [-0.2, -0.15) is 13.2 Å². The van der Waals surface area contributed by atoms with Gasteiger partial charge in [0.15, 0.2) is 0 Å². The molecule has 0 radical (unpaired) electrons. The van der Waals surface area contributed by atoms with Gasteiger partial charge >= 0.3 is 12.1 Å². The van der Waals surface area contributed by atoms with E-state index in [1.54, 1.807) is 0 Å². The van der Waals surface area contributed by atoms with Crippen LogP contribution in [0.15, 0.2) is 24.3 Å². The number of halogens is 3. The molecule has 1 N–H and O–H groups in total. The lowest BCUT2D eigenvalue weighted by molar-refractivity contribution is -0.137. The van der Waals surface area contributed by atoms with Gasteiger partial charge in [-0.05, 0) is 24.6 Å². The van der Waals surface area contributed by atoms with Crippen LogP contribution in [0.3, 0.4) is 0 Å². The topological polar surface area (TPSA) is 64.3 Å². The highest BCUT2D eigenvalue weighted by atomic mass is 19.4. The van der Waals surface area contributed by atoms with E-state index < -0.39 is 17.7 Å². The molecule has 1 aliphatic heterocycles. The first kappa shape index (κ1) is 16.7.